The molecule has 6 heteroatoms. The van der Waals surface area contributed by atoms with E-state index in [2.05, 4.69) is 22.4 Å². The number of benzene rings is 3. The molecule has 0 fully saturated rings. The second-order valence-corrected chi connectivity index (χ2v) is 9.71. The molecule has 0 saturated heterocycles. The molecule has 1 N–H and O–H groups in total. The van der Waals surface area contributed by atoms with E-state index >= 15 is 0 Å². The van der Waals surface area contributed by atoms with Crippen LogP contribution in [-0.2, 0) is 11.2 Å². The zero-order chi connectivity index (χ0) is 24.6. The fourth-order valence-corrected chi connectivity index (χ4v) is 5.16. The number of rotatable bonds is 9. The lowest BCUT2D eigenvalue weighted by Crippen LogP contribution is -2.24. The fourth-order valence-electron chi connectivity index (χ4n) is 3.85. The van der Waals surface area contributed by atoms with Crippen molar-refractivity contribution in [3.05, 3.63) is 108 Å². The Morgan fingerprint density at radius 1 is 0.886 bits per heavy atom. The van der Waals surface area contributed by atoms with Gasteiger partial charge in [0, 0.05) is 10.6 Å². The van der Waals surface area contributed by atoms with E-state index in [0.29, 0.717) is 6.42 Å². The number of thioether (sulfide) groups is 2. The predicted octanol–water partition coefficient (Wildman–Crippen LogP) is 7.59. The number of aromatic nitrogens is 1. The number of aryl methyl sites for hydroxylation is 1. The van der Waals surface area contributed by atoms with Crippen molar-refractivity contribution in [2.75, 3.05) is 17.8 Å². The summed E-state index contributed by atoms with van der Waals surface area (Å²) in [4.78, 5) is 19.4. The van der Waals surface area contributed by atoms with Crippen LogP contribution in [0.25, 0.3) is 0 Å². The standard InChI is InChI=1S/C29H28N2O2S2/c1-20-18-26(34-2)27(29(30-20)35-3)31-28(32)25(19-21-10-6-4-7-11-21)22-14-16-24(17-15-22)33-23-12-8-5-9-13-23/h4-18,25H,19H2,1-3H3,(H,31,32). The van der Waals surface area contributed by atoms with Gasteiger partial charge in [0.2, 0.25) is 5.91 Å². The van der Waals surface area contributed by atoms with Gasteiger partial charge in [-0.1, -0.05) is 60.7 Å². The van der Waals surface area contributed by atoms with Crippen LogP contribution in [0.1, 0.15) is 22.7 Å². The molecule has 4 nitrogen and oxygen atoms in total. The quantitative estimate of drug-likeness (QED) is 0.240. The van der Waals surface area contributed by atoms with Crippen molar-refractivity contribution in [1.29, 1.82) is 0 Å². The third-order valence-corrected chi connectivity index (χ3v) is 7.04. The van der Waals surface area contributed by atoms with Crippen molar-refractivity contribution >= 4 is 35.1 Å². The first-order chi connectivity index (χ1) is 17.1. The number of para-hydroxylation sites is 1. The number of carbonyl (C=O) groups is 1. The third-order valence-electron chi connectivity index (χ3n) is 5.60. The molecular formula is C29H28N2O2S2. The van der Waals surface area contributed by atoms with Crippen molar-refractivity contribution in [1.82, 2.24) is 4.98 Å². The first kappa shape index (κ1) is 24.9. The van der Waals surface area contributed by atoms with Gasteiger partial charge < -0.3 is 10.1 Å². The van der Waals surface area contributed by atoms with Crippen LogP contribution in [0.15, 0.2) is 101 Å². The molecule has 1 unspecified atom stereocenters. The smallest absolute Gasteiger partial charge is 0.232 e. The number of hydrogen-bond donors (Lipinski definition) is 1. The molecule has 1 aromatic heterocycles. The van der Waals surface area contributed by atoms with E-state index in [4.69, 9.17) is 4.74 Å². The minimum Gasteiger partial charge on any atom is -0.457 e. The maximum absolute atomic E-state index is 13.7. The molecule has 0 aliphatic heterocycles. The van der Waals surface area contributed by atoms with E-state index in [1.165, 1.54) is 11.8 Å². The van der Waals surface area contributed by atoms with Crippen molar-refractivity contribution in [3.8, 4) is 11.5 Å². The van der Waals surface area contributed by atoms with Crippen LogP contribution in [0, 0.1) is 6.92 Å². The Balaban J connectivity index is 1.63. The molecule has 3 aromatic carbocycles. The molecule has 0 spiro atoms. The van der Waals surface area contributed by atoms with Gasteiger partial charge in [-0.25, -0.2) is 4.98 Å². The van der Waals surface area contributed by atoms with Gasteiger partial charge in [0.05, 0.1) is 11.6 Å². The Hall–Kier alpha value is -3.22. The van der Waals surface area contributed by atoms with Crippen LogP contribution >= 0.6 is 23.5 Å². The number of carbonyl (C=O) groups excluding carboxylic acids is 1. The Morgan fingerprint density at radius 3 is 2.14 bits per heavy atom. The van der Waals surface area contributed by atoms with Crippen molar-refractivity contribution < 1.29 is 9.53 Å². The molecule has 1 heterocycles. The van der Waals surface area contributed by atoms with Crippen molar-refractivity contribution in [2.45, 2.75) is 29.2 Å². The summed E-state index contributed by atoms with van der Waals surface area (Å²) >= 11 is 3.15. The number of anilines is 1. The molecule has 0 radical (unpaired) electrons. The summed E-state index contributed by atoms with van der Waals surface area (Å²) in [5.74, 6) is 1.09. The van der Waals surface area contributed by atoms with E-state index in [-0.39, 0.29) is 11.8 Å². The van der Waals surface area contributed by atoms with Crippen LogP contribution in [-0.4, -0.2) is 23.4 Å². The average molecular weight is 501 g/mol. The Bertz CT molecular complexity index is 1240. The van der Waals surface area contributed by atoms with Gasteiger partial charge in [-0.15, -0.1) is 23.5 Å². The van der Waals surface area contributed by atoms with Crippen molar-refractivity contribution in [3.63, 3.8) is 0 Å². The largest absolute Gasteiger partial charge is 0.457 e. The Labute approximate surface area is 215 Å². The topological polar surface area (TPSA) is 51.2 Å². The highest BCUT2D eigenvalue weighted by molar-refractivity contribution is 7.99. The zero-order valence-electron chi connectivity index (χ0n) is 20.0. The lowest BCUT2D eigenvalue weighted by atomic mass is 9.91. The van der Waals surface area contributed by atoms with Crippen LogP contribution in [0.5, 0.6) is 11.5 Å². The summed E-state index contributed by atoms with van der Waals surface area (Å²) in [5, 5.41) is 4.03. The van der Waals surface area contributed by atoms with Crippen LogP contribution in [0.3, 0.4) is 0 Å². The van der Waals surface area contributed by atoms with E-state index < -0.39 is 0 Å². The molecule has 0 aliphatic carbocycles. The summed E-state index contributed by atoms with van der Waals surface area (Å²) < 4.78 is 5.94. The van der Waals surface area contributed by atoms with Gasteiger partial charge >= 0.3 is 0 Å². The number of nitrogens with one attached hydrogen (secondary N) is 1. The maximum atomic E-state index is 13.7. The number of amides is 1. The highest BCUT2D eigenvalue weighted by Crippen LogP contribution is 2.35. The first-order valence-electron chi connectivity index (χ1n) is 11.3. The average Bonchev–Trinajstić information content (AvgIpc) is 2.89. The number of ether oxygens (including phenoxy) is 1. The summed E-state index contributed by atoms with van der Waals surface area (Å²) in [6, 6.07) is 29.6. The molecule has 0 aliphatic rings. The fraction of sp³-hybridized carbons (Fsp3) is 0.172. The van der Waals surface area contributed by atoms with Gasteiger partial charge in [-0.2, -0.15) is 0 Å². The lowest BCUT2D eigenvalue weighted by molar-refractivity contribution is -0.117. The van der Waals surface area contributed by atoms with E-state index in [1.54, 1.807) is 11.8 Å². The molecule has 4 aromatic rings. The summed E-state index contributed by atoms with van der Waals surface area (Å²) in [5.41, 5.74) is 3.76. The second kappa shape index (κ2) is 12.0. The third kappa shape index (κ3) is 6.47. The summed E-state index contributed by atoms with van der Waals surface area (Å²) in [7, 11) is 0. The first-order valence-corrected chi connectivity index (χ1v) is 13.8. The molecule has 0 saturated carbocycles. The molecule has 35 heavy (non-hydrogen) atoms. The lowest BCUT2D eigenvalue weighted by Gasteiger charge is -2.20. The molecule has 178 valence electrons. The minimum atomic E-state index is -0.367. The van der Waals surface area contributed by atoms with Gasteiger partial charge in [0.15, 0.2) is 0 Å². The number of nitrogens with zero attached hydrogens (tertiary/aromatic N) is 1. The Kier molecular flexibility index (Phi) is 8.50. The monoisotopic (exact) mass is 500 g/mol. The second-order valence-electron chi connectivity index (χ2n) is 8.07. The van der Waals surface area contributed by atoms with Gasteiger partial charge in [-0.3, -0.25) is 4.79 Å². The highest BCUT2D eigenvalue weighted by Gasteiger charge is 2.24. The van der Waals surface area contributed by atoms with Crippen LogP contribution < -0.4 is 10.1 Å². The molecule has 1 amide bonds. The summed E-state index contributed by atoms with van der Waals surface area (Å²) in [6.07, 6.45) is 4.59. The van der Waals surface area contributed by atoms with Gasteiger partial charge in [-0.05, 0) is 67.3 Å². The van der Waals surface area contributed by atoms with Gasteiger partial charge in [0.25, 0.3) is 0 Å². The number of pyridine rings is 1. The minimum absolute atomic E-state index is 0.0539. The van der Waals surface area contributed by atoms with E-state index in [9.17, 15) is 4.79 Å². The van der Waals surface area contributed by atoms with E-state index in [1.807, 2.05) is 98.3 Å². The van der Waals surface area contributed by atoms with Gasteiger partial charge in [0.1, 0.15) is 16.5 Å². The predicted molar refractivity (Wildman–Crippen MR) is 147 cm³/mol. The zero-order valence-corrected chi connectivity index (χ0v) is 21.7. The number of hydrogen-bond acceptors (Lipinski definition) is 5. The van der Waals surface area contributed by atoms with Crippen LogP contribution in [0.4, 0.5) is 5.69 Å². The highest BCUT2D eigenvalue weighted by atomic mass is 32.2. The SMILES string of the molecule is CSc1cc(C)nc(SC)c1NC(=O)C(Cc1ccccc1)c1ccc(Oc2ccccc2)cc1. The summed E-state index contributed by atoms with van der Waals surface area (Å²) in [6.45, 7) is 1.97. The molecule has 4 rings (SSSR count). The molecule has 0 bridgehead atoms. The molecule has 1 atom stereocenters. The van der Waals surface area contributed by atoms with Crippen molar-refractivity contribution in [2.24, 2.45) is 0 Å². The van der Waals surface area contributed by atoms with E-state index in [0.717, 1.165) is 43.9 Å². The van der Waals surface area contributed by atoms with Crippen LogP contribution in [0.2, 0.25) is 0 Å². The normalized spacial score (nSPS) is 11.6. The maximum Gasteiger partial charge on any atom is 0.232 e. The molecular weight excluding hydrogens is 472 g/mol. The Morgan fingerprint density at radius 2 is 1.51 bits per heavy atom.